The molecule has 0 fully saturated rings. The van der Waals surface area contributed by atoms with Crippen molar-refractivity contribution in [2.75, 3.05) is 13.6 Å². The molecule has 0 aliphatic heterocycles. The SMILES string of the molecule is CN=C(NCCCc1nnc2ccccn12)NCc1ccccc1F.I. The molecule has 6 nitrogen and oxygen atoms in total. The Morgan fingerprint density at radius 1 is 1.12 bits per heavy atom. The van der Waals surface area contributed by atoms with Crippen LogP contribution in [0.15, 0.2) is 53.7 Å². The zero-order chi connectivity index (χ0) is 17.5. The summed E-state index contributed by atoms with van der Waals surface area (Å²) in [7, 11) is 1.70. The van der Waals surface area contributed by atoms with Crippen LogP contribution in [0.4, 0.5) is 4.39 Å². The first-order valence-corrected chi connectivity index (χ1v) is 8.24. The average Bonchev–Trinajstić information content (AvgIpc) is 3.05. The minimum atomic E-state index is -0.218. The molecule has 3 aromatic rings. The maximum Gasteiger partial charge on any atom is 0.191 e. The van der Waals surface area contributed by atoms with Gasteiger partial charge in [0, 0.05) is 38.3 Å². The Hall–Kier alpha value is -2.23. The number of hydrogen-bond donors (Lipinski definition) is 2. The van der Waals surface area contributed by atoms with Gasteiger partial charge in [0.05, 0.1) is 0 Å². The van der Waals surface area contributed by atoms with E-state index >= 15 is 0 Å². The molecule has 2 N–H and O–H groups in total. The van der Waals surface area contributed by atoms with Crippen molar-refractivity contribution in [1.29, 1.82) is 0 Å². The van der Waals surface area contributed by atoms with E-state index in [0.29, 0.717) is 18.1 Å². The third-order valence-corrected chi connectivity index (χ3v) is 3.88. The van der Waals surface area contributed by atoms with Crippen molar-refractivity contribution < 1.29 is 4.39 Å². The lowest BCUT2D eigenvalue weighted by atomic mass is 10.2. The molecule has 138 valence electrons. The number of fused-ring (bicyclic) bond motifs is 1. The van der Waals surface area contributed by atoms with Gasteiger partial charge >= 0.3 is 0 Å². The summed E-state index contributed by atoms with van der Waals surface area (Å²) < 4.78 is 15.6. The van der Waals surface area contributed by atoms with Gasteiger partial charge in [-0.15, -0.1) is 34.2 Å². The third kappa shape index (κ3) is 5.13. The molecule has 26 heavy (non-hydrogen) atoms. The predicted molar refractivity (Wildman–Crippen MR) is 111 cm³/mol. The van der Waals surface area contributed by atoms with Crippen molar-refractivity contribution in [3.05, 3.63) is 65.9 Å². The number of rotatable bonds is 6. The van der Waals surface area contributed by atoms with E-state index in [1.165, 1.54) is 6.07 Å². The second kappa shape index (κ2) is 10.0. The topological polar surface area (TPSA) is 66.6 Å². The van der Waals surface area contributed by atoms with Gasteiger partial charge in [0.2, 0.25) is 0 Å². The Kier molecular flexibility index (Phi) is 7.76. The zero-order valence-electron chi connectivity index (χ0n) is 14.5. The fraction of sp³-hybridized carbons (Fsp3) is 0.278. The number of nitrogens with zero attached hydrogens (tertiary/aromatic N) is 4. The third-order valence-electron chi connectivity index (χ3n) is 3.88. The number of hydrogen-bond acceptors (Lipinski definition) is 3. The van der Waals surface area contributed by atoms with Gasteiger partial charge in [-0.25, -0.2) is 4.39 Å². The molecule has 0 aliphatic carbocycles. The second-order valence-corrected chi connectivity index (χ2v) is 5.59. The highest BCUT2D eigenvalue weighted by atomic mass is 127. The molecule has 8 heteroatoms. The van der Waals surface area contributed by atoms with Crippen LogP contribution in [0.1, 0.15) is 17.8 Å². The van der Waals surface area contributed by atoms with Crippen molar-refractivity contribution in [1.82, 2.24) is 25.2 Å². The summed E-state index contributed by atoms with van der Waals surface area (Å²) in [4.78, 5) is 4.16. The van der Waals surface area contributed by atoms with E-state index in [2.05, 4.69) is 25.8 Å². The maximum atomic E-state index is 13.6. The lowest BCUT2D eigenvalue weighted by Gasteiger charge is -2.12. The van der Waals surface area contributed by atoms with E-state index in [-0.39, 0.29) is 29.8 Å². The Bertz CT molecular complexity index is 864. The van der Waals surface area contributed by atoms with Gasteiger partial charge in [-0.3, -0.25) is 9.39 Å². The molecule has 0 amide bonds. The molecule has 0 atom stereocenters. The van der Waals surface area contributed by atoms with Gasteiger partial charge in [-0.05, 0) is 24.6 Å². The molecular formula is C18H22FIN6. The van der Waals surface area contributed by atoms with Gasteiger partial charge in [0.15, 0.2) is 11.6 Å². The smallest absolute Gasteiger partial charge is 0.191 e. The number of pyridine rings is 1. The molecule has 0 saturated carbocycles. The number of aromatic nitrogens is 3. The summed E-state index contributed by atoms with van der Waals surface area (Å²) in [6.07, 6.45) is 3.66. The highest BCUT2D eigenvalue weighted by Crippen LogP contribution is 2.06. The van der Waals surface area contributed by atoms with Gasteiger partial charge < -0.3 is 10.6 Å². The number of aryl methyl sites for hydroxylation is 1. The highest BCUT2D eigenvalue weighted by Gasteiger charge is 2.05. The van der Waals surface area contributed by atoms with Crippen molar-refractivity contribution in [2.24, 2.45) is 4.99 Å². The number of halogens is 2. The minimum absolute atomic E-state index is 0. The van der Waals surface area contributed by atoms with Crippen molar-refractivity contribution >= 4 is 35.6 Å². The van der Waals surface area contributed by atoms with Crippen molar-refractivity contribution in [2.45, 2.75) is 19.4 Å². The fourth-order valence-electron chi connectivity index (χ4n) is 2.56. The number of guanidine groups is 1. The summed E-state index contributed by atoms with van der Waals surface area (Å²) in [6, 6.07) is 12.6. The second-order valence-electron chi connectivity index (χ2n) is 5.59. The van der Waals surface area contributed by atoms with Crippen LogP contribution in [0.3, 0.4) is 0 Å². The molecule has 0 bridgehead atoms. The fourth-order valence-corrected chi connectivity index (χ4v) is 2.56. The number of benzene rings is 1. The molecule has 3 rings (SSSR count). The van der Waals surface area contributed by atoms with E-state index in [1.54, 1.807) is 19.2 Å². The van der Waals surface area contributed by atoms with Gasteiger partial charge in [0.1, 0.15) is 11.6 Å². The predicted octanol–water partition coefficient (Wildman–Crippen LogP) is 2.78. The van der Waals surface area contributed by atoms with E-state index in [1.807, 2.05) is 34.9 Å². The van der Waals surface area contributed by atoms with Crippen LogP contribution in [0, 0.1) is 5.82 Å². The molecule has 0 unspecified atom stereocenters. The Morgan fingerprint density at radius 3 is 2.73 bits per heavy atom. The van der Waals surface area contributed by atoms with E-state index in [4.69, 9.17) is 0 Å². The maximum absolute atomic E-state index is 13.6. The molecular weight excluding hydrogens is 446 g/mol. The molecule has 1 aromatic carbocycles. The lowest BCUT2D eigenvalue weighted by Crippen LogP contribution is -2.37. The quantitative estimate of drug-likeness (QED) is 0.253. The minimum Gasteiger partial charge on any atom is -0.356 e. The zero-order valence-corrected chi connectivity index (χ0v) is 16.9. The van der Waals surface area contributed by atoms with E-state index in [9.17, 15) is 4.39 Å². The molecule has 0 radical (unpaired) electrons. The number of nitrogens with one attached hydrogen (secondary N) is 2. The summed E-state index contributed by atoms with van der Waals surface area (Å²) in [6.45, 7) is 1.12. The van der Waals surface area contributed by atoms with Gasteiger partial charge in [0.25, 0.3) is 0 Å². The number of aliphatic imine (C=N–C) groups is 1. The van der Waals surface area contributed by atoms with Crippen LogP contribution in [0.25, 0.3) is 5.65 Å². The first-order chi connectivity index (χ1) is 12.3. The van der Waals surface area contributed by atoms with Crippen LogP contribution >= 0.6 is 24.0 Å². The first-order valence-electron chi connectivity index (χ1n) is 8.24. The normalized spacial score (nSPS) is 11.2. The van der Waals surface area contributed by atoms with E-state index in [0.717, 1.165) is 30.9 Å². The largest absolute Gasteiger partial charge is 0.356 e. The van der Waals surface area contributed by atoms with Gasteiger partial charge in [-0.1, -0.05) is 24.3 Å². The monoisotopic (exact) mass is 468 g/mol. The highest BCUT2D eigenvalue weighted by molar-refractivity contribution is 14.0. The summed E-state index contributed by atoms with van der Waals surface area (Å²) in [5.41, 5.74) is 1.47. The van der Waals surface area contributed by atoms with E-state index < -0.39 is 0 Å². The first kappa shape index (κ1) is 20.1. The van der Waals surface area contributed by atoms with Crippen LogP contribution in [-0.2, 0) is 13.0 Å². The summed E-state index contributed by atoms with van der Waals surface area (Å²) in [5.74, 6) is 1.37. The molecule has 0 aliphatic rings. The Balaban J connectivity index is 0.00000243. The summed E-state index contributed by atoms with van der Waals surface area (Å²) >= 11 is 0. The van der Waals surface area contributed by atoms with Crippen molar-refractivity contribution in [3.63, 3.8) is 0 Å². The average molecular weight is 468 g/mol. The van der Waals surface area contributed by atoms with Crippen LogP contribution in [0.2, 0.25) is 0 Å². The van der Waals surface area contributed by atoms with Crippen LogP contribution < -0.4 is 10.6 Å². The molecule has 2 aromatic heterocycles. The standard InChI is InChI=1S/C18H21FN6.HI/c1-20-18(22-13-14-7-2-3-8-15(14)19)21-11-6-10-17-24-23-16-9-4-5-12-25(16)17;/h2-5,7-9,12H,6,10-11,13H2,1H3,(H2,20,21,22);1H. The van der Waals surface area contributed by atoms with Crippen molar-refractivity contribution in [3.8, 4) is 0 Å². The Morgan fingerprint density at radius 2 is 1.92 bits per heavy atom. The van der Waals surface area contributed by atoms with Crippen LogP contribution in [0.5, 0.6) is 0 Å². The molecule has 2 heterocycles. The lowest BCUT2D eigenvalue weighted by molar-refractivity contribution is 0.604. The molecule has 0 spiro atoms. The summed E-state index contributed by atoms with van der Waals surface area (Å²) in [5, 5.41) is 14.7. The molecule has 0 saturated heterocycles. The Labute approximate surface area is 169 Å². The van der Waals surface area contributed by atoms with Gasteiger partial charge in [-0.2, -0.15) is 0 Å². The van der Waals surface area contributed by atoms with Crippen LogP contribution in [-0.4, -0.2) is 34.2 Å².